The number of benzene rings is 3. The van der Waals surface area contributed by atoms with Crippen molar-refractivity contribution in [2.75, 3.05) is 38.5 Å². The van der Waals surface area contributed by atoms with Crippen LogP contribution in [-0.4, -0.2) is 54.5 Å². The van der Waals surface area contributed by atoms with E-state index < -0.39 is 0 Å². The number of para-hydroxylation sites is 1. The van der Waals surface area contributed by atoms with Crippen LogP contribution in [-0.2, 0) is 0 Å². The van der Waals surface area contributed by atoms with Crippen molar-refractivity contribution in [1.82, 2.24) is 10.3 Å². The van der Waals surface area contributed by atoms with E-state index in [1.807, 2.05) is 60.7 Å². The molecule has 0 atom stereocenters. The first-order valence-electron chi connectivity index (χ1n) is 10.7. The van der Waals surface area contributed by atoms with Crippen LogP contribution in [0.2, 0.25) is 5.02 Å². The minimum Gasteiger partial charge on any atom is -0.353 e. The van der Waals surface area contributed by atoms with Crippen molar-refractivity contribution in [2.24, 2.45) is 4.99 Å². The molecule has 2 aliphatic heterocycles. The van der Waals surface area contributed by atoms with Gasteiger partial charge in [-0.3, -0.25) is 4.79 Å². The second kappa shape index (κ2) is 8.30. The lowest BCUT2D eigenvalue weighted by Gasteiger charge is -2.42. The maximum atomic E-state index is 12.7. The molecule has 0 bridgehead atoms. The van der Waals surface area contributed by atoms with E-state index >= 15 is 0 Å². The van der Waals surface area contributed by atoms with E-state index in [0.29, 0.717) is 15.2 Å². The van der Waals surface area contributed by atoms with Crippen LogP contribution < -0.4 is 10.7 Å². The summed E-state index contributed by atoms with van der Waals surface area (Å²) in [5, 5.41) is 4.16. The highest BCUT2D eigenvalue weighted by atomic mass is 35.5. The number of hydrogen-bond donors (Lipinski definition) is 2. The molecule has 1 saturated heterocycles. The van der Waals surface area contributed by atoms with Crippen LogP contribution >= 0.6 is 11.6 Å². The first-order chi connectivity index (χ1) is 15.5. The van der Waals surface area contributed by atoms with Crippen LogP contribution in [0.1, 0.15) is 15.9 Å². The lowest BCUT2D eigenvalue weighted by atomic mass is 10.1. The maximum absolute atomic E-state index is 12.7. The Labute approximate surface area is 192 Å². The van der Waals surface area contributed by atoms with Gasteiger partial charge in [0, 0.05) is 21.8 Å². The lowest BCUT2D eigenvalue weighted by Crippen LogP contribution is -2.65. The second-order valence-electron chi connectivity index (χ2n) is 8.40. The average molecular weight is 447 g/mol. The van der Waals surface area contributed by atoms with Crippen LogP contribution in [0.4, 0.5) is 17.1 Å². The van der Waals surface area contributed by atoms with Crippen molar-refractivity contribution < 1.29 is 9.39 Å². The number of likely N-dealkylation sites (N-methyl/N-ethyl adjacent to an activating group) is 1. The van der Waals surface area contributed by atoms with Gasteiger partial charge in [0.2, 0.25) is 0 Å². The van der Waals surface area contributed by atoms with Crippen LogP contribution in [0.25, 0.3) is 0 Å². The van der Waals surface area contributed by atoms with E-state index in [-0.39, 0.29) is 5.91 Å². The molecule has 0 aliphatic carbocycles. The third-order valence-corrected chi connectivity index (χ3v) is 6.29. The van der Waals surface area contributed by atoms with Crippen molar-refractivity contribution in [3.63, 3.8) is 0 Å². The first-order valence-corrected chi connectivity index (χ1v) is 11.1. The van der Waals surface area contributed by atoms with Gasteiger partial charge in [-0.05, 0) is 42.5 Å². The smallest absolute Gasteiger partial charge is 0.295 e. The summed E-state index contributed by atoms with van der Waals surface area (Å²) in [7, 11) is 2.07. The zero-order valence-electron chi connectivity index (χ0n) is 17.9. The Bertz CT molecular complexity index is 1190. The Morgan fingerprint density at radius 2 is 1.72 bits per heavy atom. The van der Waals surface area contributed by atoms with Gasteiger partial charge in [-0.25, -0.2) is 9.58 Å². The molecule has 1 fully saturated rings. The zero-order valence-corrected chi connectivity index (χ0v) is 18.6. The first kappa shape index (κ1) is 20.5. The van der Waals surface area contributed by atoms with Crippen LogP contribution in [0.15, 0.2) is 77.8 Å². The number of aliphatic imine (C=N–C) groups is 1. The van der Waals surface area contributed by atoms with E-state index in [0.717, 1.165) is 54.6 Å². The molecule has 0 aromatic heterocycles. The fourth-order valence-electron chi connectivity index (χ4n) is 4.18. The number of amidine groups is 1. The van der Waals surface area contributed by atoms with Gasteiger partial charge in [0.1, 0.15) is 18.9 Å². The normalized spacial score (nSPS) is 16.7. The lowest BCUT2D eigenvalue weighted by molar-refractivity contribution is -0.946. The van der Waals surface area contributed by atoms with E-state index in [1.54, 1.807) is 0 Å². The number of fused-ring (bicyclic) bond motifs is 2. The van der Waals surface area contributed by atoms with Gasteiger partial charge in [0.05, 0.1) is 31.5 Å². The molecule has 3 aromatic rings. The number of rotatable bonds is 2. The molecule has 162 valence electrons. The van der Waals surface area contributed by atoms with E-state index in [1.165, 1.54) is 0 Å². The third-order valence-electron chi connectivity index (χ3n) is 6.06. The van der Waals surface area contributed by atoms with E-state index in [2.05, 4.69) is 34.8 Å². The number of carbonyl (C=O) groups excluding carboxylic acids is 1. The number of halogens is 1. The monoisotopic (exact) mass is 446 g/mol. The Balaban J connectivity index is 1.39. The van der Waals surface area contributed by atoms with E-state index in [9.17, 15) is 4.79 Å². The topological polar surface area (TPSA) is 56.7 Å². The van der Waals surface area contributed by atoms with Gasteiger partial charge in [-0.2, -0.15) is 5.43 Å². The van der Waals surface area contributed by atoms with Gasteiger partial charge in [0.15, 0.2) is 0 Å². The number of piperazine rings is 1. The maximum Gasteiger partial charge on any atom is 0.295 e. The molecular formula is C25H25ClN5O+. The number of hydrogen-bond acceptors (Lipinski definition) is 4. The van der Waals surface area contributed by atoms with Gasteiger partial charge in [-0.1, -0.05) is 41.9 Å². The number of quaternary nitrogens is 1. The summed E-state index contributed by atoms with van der Waals surface area (Å²) in [5.41, 5.74) is 7.71. The highest BCUT2D eigenvalue weighted by Gasteiger charge is 2.34. The summed E-state index contributed by atoms with van der Waals surface area (Å²) in [4.78, 5) is 20.0. The number of anilines is 2. The Morgan fingerprint density at radius 3 is 2.50 bits per heavy atom. The molecule has 2 heterocycles. The molecule has 1 amide bonds. The van der Waals surface area contributed by atoms with Crippen molar-refractivity contribution in [2.45, 2.75) is 0 Å². The van der Waals surface area contributed by atoms with Gasteiger partial charge in [-0.15, -0.1) is 0 Å². The van der Waals surface area contributed by atoms with Gasteiger partial charge in [0.25, 0.3) is 5.91 Å². The minimum atomic E-state index is -0.0496. The number of nitrogens with zero attached hydrogens (tertiary/aromatic N) is 3. The number of amides is 1. The summed E-state index contributed by atoms with van der Waals surface area (Å²) < 4.78 is 0.486. The quantitative estimate of drug-likeness (QED) is 0.566. The largest absolute Gasteiger partial charge is 0.353 e. The standard InChI is InChI=1S/C25H24ClN5O/c1-31(29-25(32)18-7-3-2-4-8-18)15-13-30(14-16-31)24-20-9-5-6-10-21(20)27-22-12-11-19(26)17-23(22)28-24/h2-12,17H,13-16H2,1H3,(H-,27,28,29,32)/p+1. The Hall–Kier alpha value is -3.35. The van der Waals surface area contributed by atoms with Gasteiger partial charge >= 0.3 is 0 Å². The number of nitrogens with one attached hydrogen (secondary N) is 2. The molecule has 0 radical (unpaired) electrons. The molecular weight excluding hydrogens is 422 g/mol. The average Bonchev–Trinajstić information content (AvgIpc) is 2.96. The van der Waals surface area contributed by atoms with Crippen molar-refractivity contribution >= 4 is 40.4 Å². The molecule has 2 N–H and O–H groups in total. The van der Waals surface area contributed by atoms with Gasteiger partial charge < -0.3 is 10.2 Å². The van der Waals surface area contributed by atoms with Crippen LogP contribution in [0, 0.1) is 0 Å². The molecule has 0 spiro atoms. The molecule has 0 saturated carbocycles. The van der Waals surface area contributed by atoms with Crippen molar-refractivity contribution in [3.05, 3.63) is 88.9 Å². The fraction of sp³-hybridized carbons (Fsp3) is 0.200. The predicted octanol–water partition coefficient (Wildman–Crippen LogP) is 4.58. The second-order valence-corrected chi connectivity index (χ2v) is 8.84. The Morgan fingerprint density at radius 1 is 1.00 bits per heavy atom. The zero-order chi connectivity index (χ0) is 22.1. The van der Waals surface area contributed by atoms with Crippen molar-refractivity contribution in [3.8, 4) is 0 Å². The molecule has 3 aromatic carbocycles. The summed E-state index contributed by atoms with van der Waals surface area (Å²) in [6, 6.07) is 23.3. The third kappa shape index (κ3) is 4.07. The highest BCUT2D eigenvalue weighted by Crippen LogP contribution is 2.36. The predicted molar refractivity (Wildman–Crippen MR) is 129 cm³/mol. The number of carbonyl (C=O) groups is 1. The summed E-state index contributed by atoms with van der Waals surface area (Å²) in [5.74, 6) is 0.876. The molecule has 2 aliphatic rings. The summed E-state index contributed by atoms with van der Waals surface area (Å²) in [6.07, 6.45) is 0. The molecule has 0 unspecified atom stereocenters. The Kier molecular flexibility index (Phi) is 5.33. The SMILES string of the molecule is C[N+]1(NC(=O)c2ccccc2)CCN(C2=Nc3cc(Cl)ccc3Nc3ccccc32)CC1. The van der Waals surface area contributed by atoms with Crippen LogP contribution in [0.3, 0.4) is 0 Å². The van der Waals surface area contributed by atoms with Crippen LogP contribution in [0.5, 0.6) is 0 Å². The van der Waals surface area contributed by atoms with E-state index in [4.69, 9.17) is 16.6 Å². The minimum absolute atomic E-state index is 0.0496. The molecule has 7 heteroatoms. The summed E-state index contributed by atoms with van der Waals surface area (Å²) >= 11 is 6.26. The highest BCUT2D eigenvalue weighted by molar-refractivity contribution is 6.31. The molecule has 32 heavy (non-hydrogen) atoms. The molecule has 5 rings (SSSR count). The fourth-order valence-corrected chi connectivity index (χ4v) is 4.35. The van der Waals surface area contributed by atoms with Crippen molar-refractivity contribution in [1.29, 1.82) is 0 Å². The summed E-state index contributed by atoms with van der Waals surface area (Å²) in [6.45, 7) is 3.09. The molecule has 6 nitrogen and oxygen atoms in total.